The summed E-state index contributed by atoms with van der Waals surface area (Å²) >= 11 is 0. The second-order valence-electron chi connectivity index (χ2n) is 21.2. The number of hydrogen-bond acceptors (Lipinski definition) is 13. The number of ether oxygens (including phenoxy) is 5. The number of hydrogen-bond donors (Lipinski definition) is 3. The molecule has 0 bridgehead atoms. The van der Waals surface area contributed by atoms with E-state index in [1.54, 1.807) is 62.3 Å². The number of carbonyl (C=O) groups is 5. The summed E-state index contributed by atoms with van der Waals surface area (Å²) in [5, 5.41) is 24.6. The Morgan fingerprint density at radius 1 is 0.795 bits per heavy atom. The zero-order valence-electron chi connectivity index (χ0n) is 44.6. The Morgan fingerprint density at radius 2 is 1.46 bits per heavy atom. The molecule has 1 saturated carbocycles. The first kappa shape index (κ1) is 53.7. The number of cyclic esters (lactones) is 1. The van der Waals surface area contributed by atoms with E-state index in [0.717, 1.165) is 41.7 Å². The van der Waals surface area contributed by atoms with Crippen molar-refractivity contribution in [2.45, 2.75) is 107 Å². The van der Waals surface area contributed by atoms with Gasteiger partial charge in [0.2, 0.25) is 11.8 Å². The van der Waals surface area contributed by atoms with Gasteiger partial charge in [0.1, 0.15) is 41.6 Å². The van der Waals surface area contributed by atoms with Gasteiger partial charge < -0.3 is 44.1 Å². The minimum absolute atomic E-state index is 0.0594. The van der Waals surface area contributed by atoms with Gasteiger partial charge in [-0.3, -0.25) is 19.3 Å². The Kier molecular flexibility index (Phi) is 15.4. The summed E-state index contributed by atoms with van der Waals surface area (Å²) in [6.45, 7) is 3.38. The van der Waals surface area contributed by atoms with Crippen LogP contribution in [-0.4, -0.2) is 109 Å². The van der Waals surface area contributed by atoms with Crippen LogP contribution in [0.4, 0.5) is 10.5 Å². The van der Waals surface area contributed by atoms with E-state index >= 15 is 19.2 Å². The fraction of sp³-hybridized carbons (Fsp3) is 0.403. The summed E-state index contributed by atoms with van der Waals surface area (Å²) in [4.78, 5) is 83.1. The fourth-order valence-corrected chi connectivity index (χ4v) is 12.6. The number of urea groups is 1. The molecule has 5 aliphatic rings. The summed E-state index contributed by atoms with van der Waals surface area (Å²) in [6.07, 6.45) is 3.91. The molecule has 78 heavy (non-hydrogen) atoms. The molecule has 4 amide bonds. The van der Waals surface area contributed by atoms with E-state index in [1.807, 2.05) is 83.8 Å². The maximum Gasteiger partial charge on any atom is 0.329 e. The molecule has 5 aromatic rings. The Morgan fingerprint density at radius 3 is 2.12 bits per heavy atom. The molecule has 5 aromatic carbocycles. The smallest absolute Gasteiger partial charge is 0.329 e. The number of imide groups is 1. The van der Waals surface area contributed by atoms with Crippen LogP contribution in [0, 0.1) is 23.7 Å². The van der Waals surface area contributed by atoms with Crippen molar-refractivity contribution in [2.75, 3.05) is 46.0 Å². The average Bonchev–Trinajstić information content (AvgIpc) is 2.68. The van der Waals surface area contributed by atoms with Gasteiger partial charge in [0.25, 0.3) is 0 Å². The number of methoxy groups -OCH3 is 3. The Bertz CT molecular complexity index is 3150. The van der Waals surface area contributed by atoms with Gasteiger partial charge in [-0.2, -0.15) is 0 Å². The molecule has 7 atom stereocenters. The third-order valence-corrected chi connectivity index (χ3v) is 16.3. The first-order chi connectivity index (χ1) is 37.8. The third-order valence-electron chi connectivity index (χ3n) is 16.3. The SMILES string of the molecule is COC(=O)C(NC(=O)N1C(=O)C2(c3cc(C#CC4(O)CCCCCC4)ccc31)C(C(=O)N1CCc3cc(OC)c(OC)cc3C1)C1C(=O)OC(c3ccccc3)C(c3ccccc3)N1C2c1cccc(OCCO)c1)C(C)C. The molecular formula is C62H66N4O12. The number of aliphatic hydroxyl groups is 2. The Labute approximate surface area is 454 Å². The van der Waals surface area contributed by atoms with Crippen molar-refractivity contribution in [1.29, 1.82) is 0 Å². The second-order valence-corrected chi connectivity index (χ2v) is 21.2. The highest BCUT2D eigenvalue weighted by Gasteiger charge is 2.76. The van der Waals surface area contributed by atoms with E-state index in [0.29, 0.717) is 58.8 Å². The molecule has 7 unspecified atom stereocenters. The van der Waals surface area contributed by atoms with E-state index in [9.17, 15) is 15.0 Å². The van der Waals surface area contributed by atoms with E-state index in [2.05, 4.69) is 17.2 Å². The quantitative estimate of drug-likeness (QED) is 0.0627. The monoisotopic (exact) mass is 1060 g/mol. The maximum absolute atomic E-state index is 17.1. The number of fused-ring (bicyclic) bond motifs is 4. The summed E-state index contributed by atoms with van der Waals surface area (Å²) in [5.41, 5.74) is 0.791. The molecule has 16 nitrogen and oxygen atoms in total. The Hall–Kier alpha value is -7.71. The minimum Gasteiger partial charge on any atom is -0.493 e. The van der Waals surface area contributed by atoms with E-state index < -0.39 is 82.9 Å². The number of rotatable bonds is 12. The minimum atomic E-state index is -2.17. The molecule has 3 N–H and O–H groups in total. The highest BCUT2D eigenvalue weighted by Crippen LogP contribution is 2.66. The van der Waals surface area contributed by atoms with Crippen LogP contribution in [0.5, 0.6) is 17.2 Å². The van der Waals surface area contributed by atoms with Crippen molar-refractivity contribution in [3.63, 3.8) is 0 Å². The zero-order chi connectivity index (χ0) is 54.9. The number of nitrogens with zero attached hydrogens (tertiary/aromatic N) is 3. The largest absolute Gasteiger partial charge is 0.493 e. The van der Waals surface area contributed by atoms with Crippen LogP contribution in [0.15, 0.2) is 115 Å². The average molecular weight is 1060 g/mol. The van der Waals surface area contributed by atoms with Crippen LogP contribution >= 0.6 is 0 Å². The van der Waals surface area contributed by atoms with Crippen LogP contribution in [0.1, 0.15) is 110 Å². The number of anilines is 1. The lowest BCUT2D eigenvalue weighted by Crippen LogP contribution is -2.58. The van der Waals surface area contributed by atoms with Gasteiger partial charge in [0.15, 0.2) is 11.5 Å². The van der Waals surface area contributed by atoms with E-state index in [-0.39, 0.29) is 37.6 Å². The standard InChI is InChI=1S/C62H66N4O12/c1-38(2)51(57(69)76-5)63-60(72)65-47-24-23-39(25-29-61(73)27-14-6-7-15-28-61)33-46(47)62(59(65)71)50(56(68)64-30-26-42-35-48(74-3)49(75-4)36-44(42)37-64)53-58(70)78-54(41-19-12-9-13-20-41)52(40-17-10-8-11-18-40)66(53)55(62)43-21-16-22-45(34-43)77-32-31-67/h8-13,16-24,33-36,38,50-55,67,73H,6-7,14-15,26-28,30-32,37H2,1-5H3,(H,63,72). The molecule has 0 aromatic heterocycles. The van der Waals surface area contributed by atoms with Gasteiger partial charge in [-0.25, -0.2) is 14.5 Å². The predicted molar refractivity (Wildman–Crippen MR) is 288 cm³/mol. The van der Waals surface area contributed by atoms with Gasteiger partial charge in [0.05, 0.1) is 51.6 Å². The molecule has 16 heteroatoms. The lowest BCUT2D eigenvalue weighted by atomic mass is 9.64. The topological polar surface area (TPSA) is 194 Å². The van der Waals surface area contributed by atoms with Crippen LogP contribution < -0.4 is 24.4 Å². The second kappa shape index (κ2) is 22.3. The van der Waals surface area contributed by atoms with E-state index in [1.165, 1.54) is 14.2 Å². The highest BCUT2D eigenvalue weighted by molar-refractivity contribution is 6.25. The third kappa shape index (κ3) is 9.62. The molecule has 1 spiro atoms. The highest BCUT2D eigenvalue weighted by atomic mass is 16.6. The van der Waals surface area contributed by atoms with Gasteiger partial charge in [-0.05, 0) is 114 Å². The lowest BCUT2D eigenvalue weighted by molar-refractivity contribution is -0.179. The molecule has 3 fully saturated rings. The predicted octanol–water partition coefficient (Wildman–Crippen LogP) is 7.67. The number of esters is 2. The molecule has 4 aliphatic heterocycles. The van der Waals surface area contributed by atoms with Crippen LogP contribution in [0.25, 0.3) is 0 Å². The maximum atomic E-state index is 17.1. The summed E-state index contributed by atoms with van der Waals surface area (Å²) in [5.74, 6) is 2.78. The number of aliphatic hydroxyl groups excluding tert-OH is 1. The number of nitrogens with one attached hydrogen (secondary N) is 1. The number of benzene rings is 5. The first-order valence-electron chi connectivity index (χ1n) is 26.8. The molecule has 406 valence electrons. The molecule has 2 saturated heterocycles. The van der Waals surface area contributed by atoms with Crippen molar-refractivity contribution < 1.29 is 57.9 Å². The summed E-state index contributed by atoms with van der Waals surface area (Å²) in [7, 11) is 4.31. The normalized spacial score (nSPS) is 23.7. The fourth-order valence-electron chi connectivity index (χ4n) is 12.6. The van der Waals surface area contributed by atoms with Crippen molar-refractivity contribution in [3.05, 3.63) is 154 Å². The van der Waals surface area contributed by atoms with Crippen molar-refractivity contribution in [1.82, 2.24) is 15.1 Å². The molecule has 4 heterocycles. The summed E-state index contributed by atoms with van der Waals surface area (Å²) < 4.78 is 29.3. The molecular weight excluding hydrogens is 993 g/mol. The van der Waals surface area contributed by atoms with Crippen LogP contribution in [-0.2, 0) is 47.0 Å². The van der Waals surface area contributed by atoms with Gasteiger partial charge >= 0.3 is 18.0 Å². The zero-order valence-corrected chi connectivity index (χ0v) is 44.6. The number of carbonyl (C=O) groups excluding carboxylic acids is 5. The van der Waals surface area contributed by atoms with E-state index in [4.69, 9.17) is 23.7 Å². The Balaban J connectivity index is 1.28. The first-order valence-corrected chi connectivity index (χ1v) is 26.8. The van der Waals surface area contributed by atoms with Gasteiger partial charge in [-0.15, -0.1) is 0 Å². The lowest BCUT2D eigenvalue weighted by Gasteiger charge is -2.46. The van der Waals surface area contributed by atoms with Crippen LogP contribution in [0.3, 0.4) is 0 Å². The van der Waals surface area contributed by atoms with Crippen molar-refractivity contribution >= 4 is 35.5 Å². The van der Waals surface area contributed by atoms with Crippen molar-refractivity contribution in [3.8, 4) is 29.1 Å². The van der Waals surface area contributed by atoms with Gasteiger partial charge in [0, 0.05) is 18.7 Å². The molecule has 10 rings (SSSR count). The molecule has 0 radical (unpaired) electrons. The van der Waals surface area contributed by atoms with Gasteiger partial charge in [-0.1, -0.05) is 111 Å². The number of morpholine rings is 1. The van der Waals surface area contributed by atoms with Crippen molar-refractivity contribution in [2.24, 2.45) is 11.8 Å². The molecule has 1 aliphatic carbocycles. The summed E-state index contributed by atoms with van der Waals surface area (Å²) in [6, 6.07) is 28.8. The number of amides is 4. The van der Waals surface area contributed by atoms with Crippen LogP contribution in [0.2, 0.25) is 0 Å².